The van der Waals surface area contributed by atoms with Crippen molar-refractivity contribution >= 4 is 18.0 Å². The van der Waals surface area contributed by atoms with Crippen LogP contribution < -0.4 is 5.32 Å². The fourth-order valence-corrected chi connectivity index (χ4v) is 4.74. The zero-order valence-corrected chi connectivity index (χ0v) is 18.7. The zero-order chi connectivity index (χ0) is 23.8. The van der Waals surface area contributed by atoms with E-state index in [9.17, 15) is 24.6 Å². The number of β-amino-alcohol motifs (C(OH)–C–C–N with tert-alkyl or cyclic N) is 1. The van der Waals surface area contributed by atoms with Gasteiger partial charge in [-0.3, -0.25) is 4.79 Å². The van der Waals surface area contributed by atoms with E-state index < -0.39 is 35.7 Å². The minimum Gasteiger partial charge on any atom is -0.480 e. The summed E-state index contributed by atoms with van der Waals surface area (Å²) in [4.78, 5) is 38.5. The van der Waals surface area contributed by atoms with E-state index in [4.69, 9.17) is 4.74 Å². The Kier molecular flexibility index (Phi) is 6.12. The highest BCUT2D eigenvalue weighted by Crippen LogP contribution is 2.44. The van der Waals surface area contributed by atoms with Crippen LogP contribution in [0, 0.1) is 0 Å². The maximum absolute atomic E-state index is 13.2. The van der Waals surface area contributed by atoms with Crippen LogP contribution in [0.25, 0.3) is 11.1 Å². The van der Waals surface area contributed by atoms with Gasteiger partial charge in [-0.05, 0) is 35.6 Å². The third-order valence-electron chi connectivity index (χ3n) is 6.73. The number of hydrogen-bond acceptors (Lipinski definition) is 5. The van der Waals surface area contributed by atoms with Crippen LogP contribution in [0.2, 0.25) is 0 Å². The van der Waals surface area contributed by atoms with Gasteiger partial charge in [0.2, 0.25) is 5.91 Å². The van der Waals surface area contributed by atoms with Gasteiger partial charge in [0.05, 0.1) is 6.10 Å². The number of ether oxygens (including phenoxy) is 1. The van der Waals surface area contributed by atoms with E-state index in [1.807, 2.05) is 48.5 Å². The molecule has 1 aliphatic heterocycles. The van der Waals surface area contributed by atoms with Crippen molar-refractivity contribution in [3.8, 4) is 11.1 Å². The van der Waals surface area contributed by atoms with Crippen LogP contribution in [0.3, 0.4) is 0 Å². The molecule has 174 valence electrons. The molecule has 2 unspecified atom stereocenters. The fraction of sp³-hybridized carbons (Fsp3) is 0.400. The highest BCUT2D eigenvalue weighted by Gasteiger charge is 2.46. The van der Waals surface area contributed by atoms with Crippen molar-refractivity contribution < 1.29 is 29.3 Å². The molecule has 2 aromatic carbocycles. The van der Waals surface area contributed by atoms with Crippen LogP contribution in [0.15, 0.2) is 48.5 Å². The Hall–Kier alpha value is -3.39. The van der Waals surface area contributed by atoms with Gasteiger partial charge in [0.1, 0.15) is 18.2 Å². The molecule has 1 heterocycles. The summed E-state index contributed by atoms with van der Waals surface area (Å²) in [5, 5.41) is 21.9. The van der Waals surface area contributed by atoms with Crippen LogP contribution in [0.1, 0.15) is 43.7 Å². The predicted molar refractivity (Wildman–Crippen MR) is 121 cm³/mol. The second-order valence-corrected chi connectivity index (χ2v) is 8.84. The molecular formula is C25H28N2O6. The first-order chi connectivity index (χ1) is 15.7. The number of nitrogens with zero attached hydrogens (tertiary/aromatic N) is 1. The number of hydrogen-bond donors (Lipinski definition) is 3. The van der Waals surface area contributed by atoms with E-state index in [-0.39, 0.29) is 31.9 Å². The molecule has 0 aromatic heterocycles. The number of likely N-dealkylation sites (tertiary alicyclic amines) is 1. The molecule has 1 aliphatic carbocycles. The lowest BCUT2D eigenvalue weighted by Gasteiger charge is -2.34. The maximum atomic E-state index is 13.2. The van der Waals surface area contributed by atoms with E-state index in [1.165, 1.54) is 0 Å². The third-order valence-corrected chi connectivity index (χ3v) is 6.73. The van der Waals surface area contributed by atoms with Gasteiger partial charge in [-0.1, -0.05) is 55.5 Å². The van der Waals surface area contributed by atoms with Gasteiger partial charge >= 0.3 is 12.1 Å². The summed E-state index contributed by atoms with van der Waals surface area (Å²) in [7, 11) is 0. The molecule has 4 rings (SSSR count). The molecule has 1 saturated heterocycles. The van der Waals surface area contributed by atoms with E-state index in [1.54, 1.807) is 13.8 Å². The summed E-state index contributed by atoms with van der Waals surface area (Å²) >= 11 is 0. The van der Waals surface area contributed by atoms with Crippen molar-refractivity contribution in [2.24, 2.45) is 0 Å². The van der Waals surface area contributed by atoms with Crippen molar-refractivity contribution in [2.45, 2.75) is 50.3 Å². The smallest absolute Gasteiger partial charge is 0.408 e. The number of carboxylic acids is 1. The van der Waals surface area contributed by atoms with Crippen LogP contribution in [-0.4, -0.2) is 63.9 Å². The monoisotopic (exact) mass is 452 g/mol. The number of benzene rings is 2. The maximum Gasteiger partial charge on any atom is 0.408 e. The topological polar surface area (TPSA) is 116 Å². The van der Waals surface area contributed by atoms with E-state index in [2.05, 4.69) is 5.32 Å². The summed E-state index contributed by atoms with van der Waals surface area (Å²) in [6.45, 7) is 3.29. The molecule has 3 N–H and O–H groups in total. The zero-order valence-electron chi connectivity index (χ0n) is 18.7. The normalized spacial score (nSPS) is 21.1. The number of aliphatic hydroxyl groups excluding tert-OH is 1. The lowest BCUT2D eigenvalue weighted by atomic mass is 9.96. The number of alkyl carbamates (subject to hydrolysis) is 1. The van der Waals surface area contributed by atoms with Gasteiger partial charge in [-0.25, -0.2) is 9.59 Å². The number of fused-ring (bicyclic) bond motifs is 3. The Morgan fingerprint density at radius 1 is 1.09 bits per heavy atom. The van der Waals surface area contributed by atoms with Crippen LogP contribution in [0.4, 0.5) is 4.79 Å². The predicted octanol–water partition coefficient (Wildman–Crippen LogP) is 2.74. The van der Waals surface area contributed by atoms with Crippen LogP contribution in [-0.2, 0) is 14.3 Å². The standard InChI is InChI=1S/C25H28N2O6/c1-3-25(2,23(31)27-13-15(28)12-21(27)22(29)30)26-24(32)33-14-20-18-10-6-4-8-16(18)17-9-5-7-11-19(17)20/h4-11,15,20-21,28H,3,12-14H2,1-2H3,(H,26,32)(H,29,30)/t15?,21-,25?/m0/s1. The lowest BCUT2D eigenvalue weighted by Crippen LogP contribution is -2.59. The first-order valence-electron chi connectivity index (χ1n) is 11.1. The molecule has 8 heteroatoms. The summed E-state index contributed by atoms with van der Waals surface area (Å²) in [6, 6.07) is 14.9. The van der Waals surface area contributed by atoms with Gasteiger partial charge in [0, 0.05) is 18.9 Å². The van der Waals surface area contributed by atoms with Crippen molar-refractivity contribution in [1.29, 1.82) is 0 Å². The molecule has 0 spiro atoms. The summed E-state index contributed by atoms with van der Waals surface area (Å²) in [5.41, 5.74) is 3.03. The van der Waals surface area contributed by atoms with Gasteiger partial charge in [-0.2, -0.15) is 0 Å². The first kappa shape index (κ1) is 22.8. The average Bonchev–Trinajstić information content (AvgIpc) is 3.35. The Morgan fingerprint density at radius 2 is 1.67 bits per heavy atom. The Balaban J connectivity index is 1.46. The number of carboxylic acid groups (broad SMARTS) is 1. The number of rotatable bonds is 6. The van der Waals surface area contributed by atoms with Crippen molar-refractivity contribution in [1.82, 2.24) is 10.2 Å². The molecule has 2 aromatic rings. The van der Waals surface area contributed by atoms with Crippen LogP contribution in [0.5, 0.6) is 0 Å². The molecule has 2 aliphatic rings. The molecular weight excluding hydrogens is 424 g/mol. The number of nitrogens with one attached hydrogen (secondary N) is 1. The Bertz CT molecular complexity index is 1040. The van der Waals surface area contributed by atoms with E-state index in [0.29, 0.717) is 0 Å². The molecule has 8 nitrogen and oxygen atoms in total. The lowest BCUT2D eigenvalue weighted by molar-refractivity contribution is -0.150. The fourth-order valence-electron chi connectivity index (χ4n) is 4.74. The average molecular weight is 453 g/mol. The van der Waals surface area contributed by atoms with E-state index in [0.717, 1.165) is 27.2 Å². The molecule has 0 saturated carbocycles. The molecule has 2 amide bonds. The molecule has 0 radical (unpaired) electrons. The molecule has 0 bridgehead atoms. The van der Waals surface area contributed by atoms with Gasteiger partial charge < -0.3 is 25.2 Å². The van der Waals surface area contributed by atoms with Crippen LogP contribution >= 0.6 is 0 Å². The minimum atomic E-state index is -1.36. The number of amides is 2. The second-order valence-electron chi connectivity index (χ2n) is 8.84. The first-order valence-corrected chi connectivity index (χ1v) is 11.1. The summed E-state index contributed by atoms with van der Waals surface area (Å²) in [6.07, 6.45) is -1.47. The SMILES string of the molecule is CCC(C)(NC(=O)OCC1c2ccccc2-c2ccccc21)C(=O)N1CC(O)C[C@H]1C(=O)O. The number of carbonyl (C=O) groups is 3. The largest absolute Gasteiger partial charge is 0.480 e. The van der Waals surface area contributed by atoms with Crippen molar-refractivity contribution in [2.75, 3.05) is 13.2 Å². The summed E-state index contributed by atoms with van der Waals surface area (Å²) < 4.78 is 5.56. The minimum absolute atomic E-state index is 0.0359. The molecule has 3 atom stereocenters. The molecule has 1 fully saturated rings. The summed E-state index contributed by atoms with van der Waals surface area (Å²) in [5.74, 6) is -1.85. The Morgan fingerprint density at radius 3 is 2.21 bits per heavy atom. The van der Waals surface area contributed by atoms with Crippen molar-refractivity contribution in [3.05, 3.63) is 59.7 Å². The van der Waals surface area contributed by atoms with Crippen molar-refractivity contribution in [3.63, 3.8) is 0 Å². The quantitative estimate of drug-likeness (QED) is 0.621. The Labute approximate surface area is 192 Å². The van der Waals surface area contributed by atoms with Gasteiger partial charge in [-0.15, -0.1) is 0 Å². The highest BCUT2D eigenvalue weighted by molar-refractivity contribution is 5.93. The number of aliphatic carboxylic acids is 1. The third kappa shape index (κ3) is 4.18. The highest BCUT2D eigenvalue weighted by atomic mass is 16.5. The number of carbonyl (C=O) groups excluding carboxylic acids is 2. The van der Waals surface area contributed by atoms with Gasteiger partial charge in [0.15, 0.2) is 0 Å². The second kappa shape index (κ2) is 8.86. The molecule has 33 heavy (non-hydrogen) atoms. The van der Waals surface area contributed by atoms with Gasteiger partial charge in [0.25, 0.3) is 0 Å². The van der Waals surface area contributed by atoms with E-state index >= 15 is 0 Å². The number of aliphatic hydroxyl groups is 1.